The number of hydrogen-bond acceptors (Lipinski definition) is 12. The van der Waals surface area contributed by atoms with E-state index in [-0.39, 0.29) is 38.0 Å². The number of fused-ring (bicyclic) bond motifs is 1. The van der Waals surface area contributed by atoms with Gasteiger partial charge in [0.25, 0.3) is 0 Å². The predicted molar refractivity (Wildman–Crippen MR) is 184 cm³/mol. The van der Waals surface area contributed by atoms with E-state index in [9.17, 15) is 30.0 Å². The molecule has 12 heteroatoms. The van der Waals surface area contributed by atoms with Crippen LogP contribution in [0.25, 0.3) is 0 Å². The van der Waals surface area contributed by atoms with E-state index < -0.39 is 76.5 Å². The summed E-state index contributed by atoms with van der Waals surface area (Å²) >= 11 is 0. The third-order valence-electron chi connectivity index (χ3n) is 11.4. The zero-order valence-corrected chi connectivity index (χ0v) is 30.1. The standard InChI is InChI=1S/C39H51NO11/c1-23-27(50-35(44)32(42)31(40-6)26-16-12-9-13-17-26)19-39(46,24(2)51-49-20-25-14-10-8-11-15-25)36(3,4)30(23)33(47-7)34(43)37(5)21-38(45)22-48-29(38)18-28(37)41/h2,8-17,24,27-29,31-33,40-42,45-46H,18-22H2,1,3-7H3. The highest BCUT2D eigenvalue weighted by Crippen LogP contribution is 2.55. The first-order chi connectivity index (χ1) is 24.0. The highest BCUT2D eigenvalue weighted by molar-refractivity contribution is 5.92. The quantitative estimate of drug-likeness (QED) is 0.0842. The minimum Gasteiger partial charge on any atom is -0.456 e. The number of esters is 1. The molecule has 1 heterocycles. The molecule has 3 aliphatic rings. The zero-order valence-electron chi connectivity index (χ0n) is 30.1. The molecule has 5 N–H and O–H groups in total. The van der Waals surface area contributed by atoms with Gasteiger partial charge in [-0.1, -0.05) is 74.5 Å². The summed E-state index contributed by atoms with van der Waals surface area (Å²) in [5.74, 6) is -1.52. The molecule has 0 amide bonds. The summed E-state index contributed by atoms with van der Waals surface area (Å²) < 4.78 is 17.3. The van der Waals surface area contributed by atoms with E-state index in [4.69, 9.17) is 30.9 Å². The van der Waals surface area contributed by atoms with Gasteiger partial charge >= 0.3 is 5.97 Å². The first-order valence-electron chi connectivity index (χ1n) is 17.2. The third kappa shape index (κ3) is 7.18. The maximum Gasteiger partial charge on any atom is 0.337 e. The van der Waals surface area contributed by atoms with Crippen LogP contribution in [0.1, 0.15) is 64.1 Å². The Morgan fingerprint density at radius 3 is 2.25 bits per heavy atom. The van der Waals surface area contributed by atoms with E-state index in [0.717, 1.165) is 5.56 Å². The molecule has 278 valence electrons. The normalized spacial score (nSPS) is 32.6. The Bertz CT molecular complexity index is 1570. The molecule has 0 spiro atoms. The molecule has 2 radical (unpaired) electrons. The molecular weight excluding hydrogens is 658 g/mol. The van der Waals surface area contributed by atoms with E-state index in [1.807, 2.05) is 36.4 Å². The molecule has 1 saturated carbocycles. The van der Waals surface area contributed by atoms with Gasteiger partial charge in [0.2, 0.25) is 0 Å². The van der Waals surface area contributed by atoms with Crippen LogP contribution in [0, 0.1) is 17.8 Å². The lowest BCUT2D eigenvalue weighted by Crippen LogP contribution is -2.69. The average Bonchev–Trinajstić information content (AvgIpc) is 3.11. The van der Waals surface area contributed by atoms with Gasteiger partial charge in [-0.3, -0.25) is 4.79 Å². The molecule has 0 aromatic heterocycles. The van der Waals surface area contributed by atoms with Gasteiger partial charge in [0.15, 0.2) is 11.9 Å². The van der Waals surface area contributed by atoms with Gasteiger partial charge in [0, 0.05) is 32.3 Å². The summed E-state index contributed by atoms with van der Waals surface area (Å²) in [4.78, 5) is 39.4. The second kappa shape index (κ2) is 15.1. The molecule has 2 aliphatic carbocycles. The van der Waals surface area contributed by atoms with Crippen LogP contribution in [0.3, 0.4) is 0 Å². The molecule has 10 unspecified atom stereocenters. The Labute approximate surface area is 299 Å². The monoisotopic (exact) mass is 709 g/mol. The molecule has 51 heavy (non-hydrogen) atoms. The number of hydrogen-bond donors (Lipinski definition) is 5. The Morgan fingerprint density at radius 1 is 1.06 bits per heavy atom. The molecule has 1 saturated heterocycles. The number of likely N-dealkylation sites (N-methyl/N-ethyl adjacent to an activating group) is 1. The average molecular weight is 710 g/mol. The summed E-state index contributed by atoms with van der Waals surface area (Å²) in [5.41, 5.74) is -4.13. The van der Waals surface area contributed by atoms with Gasteiger partial charge < -0.3 is 40.0 Å². The number of carbonyl (C=O) groups is 2. The van der Waals surface area contributed by atoms with Crippen molar-refractivity contribution in [2.75, 3.05) is 20.8 Å². The topological polar surface area (TPSA) is 173 Å². The number of aliphatic hydroxyl groups is 4. The van der Waals surface area contributed by atoms with Crippen LogP contribution < -0.4 is 5.32 Å². The van der Waals surface area contributed by atoms with Crippen LogP contribution >= 0.6 is 0 Å². The summed E-state index contributed by atoms with van der Waals surface area (Å²) in [6, 6.07) is 17.3. The fourth-order valence-electron chi connectivity index (χ4n) is 8.04. The predicted octanol–water partition coefficient (Wildman–Crippen LogP) is 2.80. The van der Waals surface area contributed by atoms with Crippen molar-refractivity contribution in [1.29, 1.82) is 0 Å². The van der Waals surface area contributed by atoms with Crippen LogP contribution in [0.15, 0.2) is 71.8 Å². The number of methoxy groups -OCH3 is 1. The molecule has 0 bridgehead atoms. The Hall–Kier alpha value is -3.04. The maximum atomic E-state index is 14.6. The molecule has 1 aliphatic heterocycles. The first kappa shape index (κ1) is 39.2. The van der Waals surface area contributed by atoms with E-state index in [1.54, 1.807) is 59.0 Å². The molecule has 2 aromatic rings. The largest absolute Gasteiger partial charge is 0.456 e. The number of rotatable bonds is 14. The van der Waals surface area contributed by atoms with Crippen molar-refractivity contribution in [3.8, 4) is 0 Å². The number of nitrogens with one attached hydrogen (secondary N) is 1. The lowest BCUT2D eigenvalue weighted by molar-refractivity contribution is -0.360. The lowest BCUT2D eigenvalue weighted by Gasteiger charge is -2.57. The zero-order chi connectivity index (χ0) is 37.4. The third-order valence-corrected chi connectivity index (χ3v) is 11.4. The van der Waals surface area contributed by atoms with Crippen molar-refractivity contribution in [1.82, 2.24) is 5.32 Å². The molecule has 5 rings (SSSR count). The summed E-state index contributed by atoms with van der Waals surface area (Å²) in [7, 11) is 2.94. The smallest absolute Gasteiger partial charge is 0.337 e. The fourth-order valence-corrected chi connectivity index (χ4v) is 8.04. The SMILES string of the molecule is [CH]C(OOCc1ccccc1)C1(O)CC(OC(=O)C(O)C(NC)c2ccccc2)C(C)=C(C(OC)C(=O)C2(C)CC3(O)COC3CC2O)C1(C)C. The molecule has 2 aromatic carbocycles. The van der Waals surface area contributed by atoms with Crippen molar-refractivity contribution < 1.29 is 54.0 Å². The Kier molecular flexibility index (Phi) is 11.6. The van der Waals surface area contributed by atoms with Crippen LogP contribution in [-0.2, 0) is 40.2 Å². The number of carbonyl (C=O) groups excluding carboxylic acids is 2. The van der Waals surface area contributed by atoms with Gasteiger partial charge in [0.05, 0.1) is 30.3 Å². The van der Waals surface area contributed by atoms with Crippen LogP contribution in [0.5, 0.6) is 0 Å². The number of Topliss-reactive ketones (excluding diaryl/α,β-unsaturated/α-hetero) is 1. The highest BCUT2D eigenvalue weighted by atomic mass is 17.2. The number of aliphatic hydroxyl groups excluding tert-OH is 2. The Balaban J connectivity index is 1.51. The number of ether oxygens (including phenoxy) is 3. The van der Waals surface area contributed by atoms with Crippen molar-refractivity contribution in [2.24, 2.45) is 10.8 Å². The summed E-state index contributed by atoms with van der Waals surface area (Å²) in [6.45, 7) is 13.2. The molecule has 12 nitrogen and oxygen atoms in total. The van der Waals surface area contributed by atoms with E-state index in [2.05, 4.69) is 5.32 Å². The lowest BCUT2D eigenvalue weighted by atomic mass is 9.55. The van der Waals surface area contributed by atoms with E-state index >= 15 is 0 Å². The van der Waals surface area contributed by atoms with Gasteiger partial charge in [-0.15, -0.1) is 0 Å². The van der Waals surface area contributed by atoms with Crippen LogP contribution in [0.4, 0.5) is 0 Å². The number of ketones is 1. The second-order valence-electron chi connectivity index (χ2n) is 14.9. The second-order valence-corrected chi connectivity index (χ2v) is 14.9. The minimum absolute atomic E-state index is 0.0192. The minimum atomic E-state index is -2.05. The van der Waals surface area contributed by atoms with Crippen molar-refractivity contribution in [2.45, 2.75) is 107 Å². The van der Waals surface area contributed by atoms with E-state index in [0.29, 0.717) is 11.1 Å². The highest BCUT2D eigenvalue weighted by Gasteiger charge is 2.64. The molecule has 2 fully saturated rings. The van der Waals surface area contributed by atoms with Gasteiger partial charge in [-0.05, 0) is 49.6 Å². The Morgan fingerprint density at radius 2 is 1.69 bits per heavy atom. The van der Waals surface area contributed by atoms with Crippen LogP contribution in [0.2, 0.25) is 0 Å². The fraction of sp³-hybridized carbons (Fsp3) is 0.564. The van der Waals surface area contributed by atoms with Crippen molar-refractivity contribution in [3.05, 3.63) is 89.9 Å². The van der Waals surface area contributed by atoms with Crippen LogP contribution in [-0.4, -0.2) is 101 Å². The van der Waals surface area contributed by atoms with Gasteiger partial charge in [-0.25, -0.2) is 14.6 Å². The van der Waals surface area contributed by atoms with Crippen molar-refractivity contribution >= 4 is 11.8 Å². The van der Waals surface area contributed by atoms with Gasteiger partial charge in [-0.2, -0.15) is 0 Å². The number of benzene rings is 2. The molecular formula is C39H51NO11. The summed E-state index contributed by atoms with van der Waals surface area (Å²) in [6.07, 6.45) is -7.85. The van der Waals surface area contributed by atoms with Crippen molar-refractivity contribution in [3.63, 3.8) is 0 Å². The molecule has 10 atom stereocenters. The summed E-state index contributed by atoms with van der Waals surface area (Å²) in [5, 5.41) is 49.2. The maximum absolute atomic E-state index is 14.6. The van der Waals surface area contributed by atoms with E-state index in [1.165, 1.54) is 7.11 Å². The first-order valence-corrected chi connectivity index (χ1v) is 17.2. The van der Waals surface area contributed by atoms with Gasteiger partial charge in [0.1, 0.15) is 36.1 Å².